The summed E-state index contributed by atoms with van der Waals surface area (Å²) in [4.78, 5) is 27.3. The number of hydrogen-bond donors (Lipinski definition) is 1. The van der Waals surface area contributed by atoms with Gasteiger partial charge in [0, 0.05) is 23.6 Å². The van der Waals surface area contributed by atoms with Gasteiger partial charge in [-0.25, -0.2) is 12.8 Å². The maximum Gasteiger partial charge on any atom is 0.264 e. The van der Waals surface area contributed by atoms with Crippen molar-refractivity contribution < 1.29 is 27.1 Å². The molecule has 208 valence electrons. The van der Waals surface area contributed by atoms with Crippen LogP contribution in [0, 0.1) is 5.82 Å². The number of carbonyl (C=O) groups is 2. The van der Waals surface area contributed by atoms with Gasteiger partial charge in [-0.15, -0.1) is 0 Å². The Bertz CT molecular complexity index is 1420. The number of anilines is 1. The maximum absolute atomic E-state index is 13.8. The van der Waals surface area contributed by atoms with Gasteiger partial charge in [-0.3, -0.25) is 13.9 Å². The molecule has 0 spiro atoms. The predicted octanol–water partition coefficient (Wildman–Crippen LogP) is 4.89. The summed E-state index contributed by atoms with van der Waals surface area (Å²) in [6, 6.07) is 14.2. The van der Waals surface area contributed by atoms with E-state index in [1.807, 2.05) is 6.92 Å². The number of likely N-dealkylation sites (N-methyl/N-ethyl adjacent to an activating group) is 1. The average molecular weight is 597 g/mol. The second-order valence-electron chi connectivity index (χ2n) is 8.44. The first-order valence-electron chi connectivity index (χ1n) is 11.9. The number of amides is 2. The van der Waals surface area contributed by atoms with Gasteiger partial charge in [0.15, 0.2) is 0 Å². The molecule has 8 nitrogen and oxygen atoms in total. The van der Waals surface area contributed by atoms with Gasteiger partial charge >= 0.3 is 0 Å². The number of benzene rings is 3. The molecule has 1 N–H and O–H groups in total. The van der Waals surface area contributed by atoms with Gasteiger partial charge in [-0.2, -0.15) is 0 Å². The Morgan fingerprint density at radius 1 is 1.03 bits per heavy atom. The molecule has 0 radical (unpaired) electrons. The van der Waals surface area contributed by atoms with Crippen molar-refractivity contribution in [2.75, 3.05) is 24.5 Å². The van der Waals surface area contributed by atoms with Crippen molar-refractivity contribution in [2.24, 2.45) is 0 Å². The van der Waals surface area contributed by atoms with E-state index in [9.17, 15) is 22.4 Å². The summed E-state index contributed by atoms with van der Waals surface area (Å²) in [5.74, 6) is -1.22. The molecule has 0 saturated heterocycles. The zero-order chi connectivity index (χ0) is 28.7. The van der Waals surface area contributed by atoms with Crippen molar-refractivity contribution in [1.82, 2.24) is 10.2 Å². The van der Waals surface area contributed by atoms with E-state index in [0.29, 0.717) is 22.9 Å². The van der Waals surface area contributed by atoms with Crippen molar-refractivity contribution >= 4 is 50.7 Å². The first kappa shape index (κ1) is 30.2. The molecular weight excluding hydrogens is 568 g/mol. The quantitative estimate of drug-likeness (QED) is 0.340. The first-order chi connectivity index (χ1) is 18.5. The lowest BCUT2D eigenvalue weighted by atomic mass is 10.1. The third kappa shape index (κ3) is 7.40. The number of hydrogen-bond acceptors (Lipinski definition) is 5. The minimum atomic E-state index is -4.33. The van der Waals surface area contributed by atoms with Crippen LogP contribution in [0.2, 0.25) is 10.0 Å². The number of sulfonamides is 1. The van der Waals surface area contributed by atoms with Crippen LogP contribution in [0.25, 0.3) is 0 Å². The SMILES string of the molecule is CCOc1ccc(N(CC(=O)N(Cc2ccc(Cl)cc2Cl)[C@H](C)C(=O)NC)S(=O)(=O)c2ccc(F)cc2)cc1. The van der Waals surface area contributed by atoms with Gasteiger partial charge in [-0.05, 0) is 80.1 Å². The van der Waals surface area contributed by atoms with Crippen LogP contribution in [0.4, 0.5) is 10.1 Å². The van der Waals surface area contributed by atoms with E-state index in [-0.39, 0.29) is 22.2 Å². The minimum Gasteiger partial charge on any atom is -0.494 e. The van der Waals surface area contributed by atoms with E-state index < -0.39 is 40.2 Å². The zero-order valence-corrected chi connectivity index (χ0v) is 23.9. The molecule has 0 heterocycles. The molecule has 0 unspecified atom stereocenters. The van der Waals surface area contributed by atoms with E-state index in [1.165, 1.54) is 37.1 Å². The van der Waals surface area contributed by atoms with Crippen LogP contribution in [0.1, 0.15) is 19.4 Å². The molecule has 39 heavy (non-hydrogen) atoms. The van der Waals surface area contributed by atoms with Crippen LogP contribution in [-0.4, -0.2) is 51.4 Å². The van der Waals surface area contributed by atoms with Crippen molar-refractivity contribution in [3.8, 4) is 5.75 Å². The molecule has 0 aliphatic rings. The largest absolute Gasteiger partial charge is 0.494 e. The molecule has 3 aromatic rings. The zero-order valence-electron chi connectivity index (χ0n) is 21.5. The Hall–Kier alpha value is -3.34. The molecule has 3 aromatic carbocycles. The predicted molar refractivity (Wildman–Crippen MR) is 149 cm³/mol. The number of nitrogens with one attached hydrogen (secondary N) is 1. The molecule has 1 atom stereocenters. The number of nitrogens with zero attached hydrogens (tertiary/aromatic N) is 2. The summed E-state index contributed by atoms with van der Waals surface area (Å²) < 4.78 is 47.3. The standard InChI is InChI=1S/C27H28Cl2FN3O5S/c1-4-38-23-11-9-22(10-12-23)33(39(36,37)24-13-7-21(30)8-14-24)17-26(34)32(18(2)27(35)31-3)16-19-5-6-20(28)15-25(19)29/h5-15,18H,4,16-17H2,1-3H3,(H,31,35)/t18-/m1/s1. The summed E-state index contributed by atoms with van der Waals surface area (Å²) in [5, 5.41) is 3.19. The molecule has 0 aliphatic heterocycles. The van der Waals surface area contributed by atoms with Gasteiger partial charge in [0.25, 0.3) is 10.0 Å². The molecule has 3 rings (SSSR count). The van der Waals surface area contributed by atoms with Crippen molar-refractivity contribution in [1.29, 1.82) is 0 Å². The summed E-state index contributed by atoms with van der Waals surface area (Å²) in [6.07, 6.45) is 0. The molecule has 0 saturated carbocycles. The Morgan fingerprint density at radius 3 is 2.23 bits per heavy atom. The lowest BCUT2D eigenvalue weighted by Gasteiger charge is -2.32. The molecule has 12 heteroatoms. The highest BCUT2D eigenvalue weighted by Gasteiger charge is 2.32. The van der Waals surface area contributed by atoms with Gasteiger partial charge in [0.05, 0.1) is 17.2 Å². The molecule has 0 fully saturated rings. The Morgan fingerprint density at radius 2 is 1.67 bits per heavy atom. The fourth-order valence-electron chi connectivity index (χ4n) is 3.76. The summed E-state index contributed by atoms with van der Waals surface area (Å²) in [5.41, 5.74) is 0.687. The van der Waals surface area contributed by atoms with Crippen LogP contribution in [0.15, 0.2) is 71.6 Å². The monoisotopic (exact) mass is 595 g/mol. The number of rotatable bonds is 11. The highest BCUT2D eigenvalue weighted by molar-refractivity contribution is 7.92. The highest BCUT2D eigenvalue weighted by Crippen LogP contribution is 2.28. The molecule has 0 aromatic heterocycles. The fraction of sp³-hybridized carbons (Fsp3) is 0.259. The van der Waals surface area contributed by atoms with Gasteiger partial charge in [0.1, 0.15) is 24.2 Å². The van der Waals surface area contributed by atoms with Crippen molar-refractivity contribution in [3.63, 3.8) is 0 Å². The van der Waals surface area contributed by atoms with Crippen LogP contribution >= 0.6 is 23.2 Å². The number of halogens is 3. The van der Waals surface area contributed by atoms with E-state index in [1.54, 1.807) is 24.3 Å². The van der Waals surface area contributed by atoms with Crippen molar-refractivity contribution in [2.45, 2.75) is 31.3 Å². The van der Waals surface area contributed by atoms with Crippen LogP contribution in [-0.2, 0) is 26.2 Å². The average Bonchev–Trinajstić information content (AvgIpc) is 2.91. The topological polar surface area (TPSA) is 96.0 Å². The Labute approximate surface area is 237 Å². The van der Waals surface area contributed by atoms with E-state index >= 15 is 0 Å². The molecule has 2 amide bonds. The maximum atomic E-state index is 13.8. The van der Waals surface area contributed by atoms with Gasteiger partial charge < -0.3 is 15.0 Å². The third-order valence-corrected chi connectivity index (χ3v) is 8.26. The second kappa shape index (κ2) is 13.1. The van der Waals surface area contributed by atoms with Crippen molar-refractivity contribution in [3.05, 3.63) is 88.2 Å². The second-order valence-corrected chi connectivity index (χ2v) is 11.1. The van der Waals surface area contributed by atoms with E-state index in [2.05, 4.69) is 5.32 Å². The van der Waals surface area contributed by atoms with Gasteiger partial charge in [-0.1, -0.05) is 29.3 Å². The number of ether oxygens (including phenoxy) is 1. The normalized spacial score (nSPS) is 11.9. The van der Waals surface area contributed by atoms with Crippen LogP contribution in [0.3, 0.4) is 0 Å². The molecular formula is C27H28Cl2FN3O5S. The summed E-state index contributed by atoms with van der Waals surface area (Å²) in [7, 11) is -2.90. The van der Waals surface area contributed by atoms with Crippen LogP contribution in [0.5, 0.6) is 5.75 Å². The smallest absolute Gasteiger partial charge is 0.264 e. The first-order valence-corrected chi connectivity index (χ1v) is 14.1. The lowest BCUT2D eigenvalue weighted by molar-refractivity contribution is -0.139. The third-order valence-electron chi connectivity index (χ3n) is 5.89. The minimum absolute atomic E-state index is 0.0862. The molecule has 0 aliphatic carbocycles. The fourth-order valence-corrected chi connectivity index (χ4v) is 5.65. The number of carbonyl (C=O) groups excluding carboxylic acids is 2. The Kier molecular flexibility index (Phi) is 10.2. The highest BCUT2D eigenvalue weighted by atomic mass is 35.5. The van der Waals surface area contributed by atoms with Crippen LogP contribution < -0.4 is 14.4 Å². The van der Waals surface area contributed by atoms with Gasteiger partial charge in [0.2, 0.25) is 11.8 Å². The van der Waals surface area contributed by atoms with E-state index in [0.717, 1.165) is 28.6 Å². The summed E-state index contributed by atoms with van der Waals surface area (Å²) >= 11 is 12.3. The summed E-state index contributed by atoms with van der Waals surface area (Å²) in [6.45, 7) is 3.01. The van der Waals surface area contributed by atoms with E-state index in [4.69, 9.17) is 27.9 Å². The Balaban J connectivity index is 2.04. The molecule has 0 bridgehead atoms. The lowest BCUT2D eigenvalue weighted by Crippen LogP contribution is -2.50.